The van der Waals surface area contributed by atoms with Gasteiger partial charge in [0.2, 0.25) is 0 Å². The molecule has 0 unspecified atom stereocenters. The first kappa shape index (κ1) is 34.9. The van der Waals surface area contributed by atoms with Gasteiger partial charge in [-0.2, -0.15) is 10.5 Å². The molecule has 274 valence electrons. The summed E-state index contributed by atoms with van der Waals surface area (Å²) in [5.74, 6) is 2.16. The van der Waals surface area contributed by atoms with Crippen molar-refractivity contribution < 1.29 is 0 Å². The van der Waals surface area contributed by atoms with Crippen LogP contribution in [0, 0.1) is 22.7 Å². The van der Waals surface area contributed by atoms with Crippen LogP contribution in [0.2, 0.25) is 0 Å². The van der Waals surface area contributed by atoms with Gasteiger partial charge in [0.15, 0.2) is 23.3 Å². The van der Waals surface area contributed by atoms with E-state index in [2.05, 4.69) is 22.8 Å². The molecule has 0 N–H and O–H groups in total. The van der Waals surface area contributed by atoms with E-state index in [1.54, 1.807) is 0 Å². The molecular formula is C51H30N8. The van der Waals surface area contributed by atoms with E-state index in [4.69, 9.17) is 24.9 Å². The molecule has 59 heavy (non-hydrogen) atoms. The molecule has 3 aromatic heterocycles. The fourth-order valence-electron chi connectivity index (χ4n) is 7.49. The Morgan fingerprint density at radius 2 is 0.780 bits per heavy atom. The number of hydrogen-bond acceptors (Lipinski definition) is 7. The summed E-state index contributed by atoms with van der Waals surface area (Å²) in [6.45, 7) is 0. The van der Waals surface area contributed by atoms with Crippen molar-refractivity contribution in [3.05, 3.63) is 193 Å². The maximum atomic E-state index is 10.1. The minimum absolute atomic E-state index is 0.492. The van der Waals surface area contributed by atoms with Crippen LogP contribution in [0.4, 0.5) is 0 Å². The molecule has 0 spiro atoms. The molecule has 0 atom stereocenters. The minimum atomic E-state index is 0.492. The average molecular weight is 755 g/mol. The first-order valence-electron chi connectivity index (χ1n) is 19.0. The Morgan fingerprint density at radius 3 is 1.25 bits per heavy atom. The van der Waals surface area contributed by atoms with Crippen molar-refractivity contribution >= 4 is 21.8 Å². The summed E-state index contributed by atoms with van der Waals surface area (Å²) in [7, 11) is 0. The lowest BCUT2D eigenvalue weighted by Crippen LogP contribution is -2.03. The van der Waals surface area contributed by atoms with Crippen LogP contribution in [-0.4, -0.2) is 29.5 Å². The largest absolute Gasteiger partial charge is 0.308 e. The Labute approximate surface area is 339 Å². The second-order valence-corrected chi connectivity index (χ2v) is 14.0. The van der Waals surface area contributed by atoms with Crippen LogP contribution >= 0.6 is 0 Å². The molecule has 0 saturated heterocycles. The Hall–Kier alpha value is -8.59. The van der Waals surface area contributed by atoms with Gasteiger partial charge in [-0.3, -0.25) is 0 Å². The molecule has 8 nitrogen and oxygen atoms in total. The van der Waals surface area contributed by atoms with Crippen molar-refractivity contribution in [1.82, 2.24) is 29.5 Å². The normalized spacial score (nSPS) is 11.0. The Morgan fingerprint density at radius 1 is 0.356 bits per heavy atom. The Balaban J connectivity index is 1.30. The van der Waals surface area contributed by atoms with Gasteiger partial charge in [0.25, 0.3) is 0 Å². The van der Waals surface area contributed by atoms with Crippen LogP contribution < -0.4 is 0 Å². The molecule has 0 bridgehead atoms. The Kier molecular flexibility index (Phi) is 8.76. The molecule has 0 radical (unpaired) electrons. The van der Waals surface area contributed by atoms with Crippen LogP contribution in [0.5, 0.6) is 0 Å². The van der Waals surface area contributed by atoms with E-state index in [-0.39, 0.29) is 0 Å². The van der Waals surface area contributed by atoms with E-state index in [1.807, 2.05) is 176 Å². The van der Waals surface area contributed by atoms with Crippen molar-refractivity contribution in [2.24, 2.45) is 0 Å². The van der Waals surface area contributed by atoms with Gasteiger partial charge in [-0.15, -0.1) is 0 Å². The van der Waals surface area contributed by atoms with Crippen LogP contribution in [0.3, 0.4) is 0 Å². The highest BCUT2D eigenvalue weighted by Gasteiger charge is 2.21. The van der Waals surface area contributed by atoms with Crippen molar-refractivity contribution in [2.45, 2.75) is 0 Å². The number of benzene rings is 7. The van der Waals surface area contributed by atoms with Crippen LogP contribution in [0.25, 0.3) is 95.6 Å². The van der Waals surface area contributed by atoms with E-state index < -0.39 is 0 Å². The zero-order valence-electron chi connectivity index (χ0n) is 31.4. The number of fused-ring (bicyclic) bond motifs is 3. The predicted octanol–water partition coefficient (Wildman–Crippen LogP) is 11.5. The van der Waals surface area contributed by atoms with Crippen molar-refractivity contribution in [2.75, 3.05) is 0 Å². The molecule has 7 aromatic carbocycles. The summed E-state index contributed by atoms with van der Waals surface area (Å²) >= 11 is 0. The monoisotopic (exact) mass is 754 g/mol. The van der Waals surface area contributed by atoms with Crippen molar-refractivity contribution in [3.63, 3.8) is 0 Å². The fourth-order valence-corrected chi connectivity index (χ4v) is 7.49. The summed E-state index contributed by atoms with van der Waals surface area (Å²) < 4.78 is 2.12. The number of aromatic nitrogens is 6. The maximum absolute atomic E-state index is 10.1. The molecule has 0 amide bonds. The molecular weight excluding hydrogens is 725 g/mol. The summed E-state index contributed by atoms with van der Waals surface area (Å²) in [4.78, 5) is 25.4. The minimum Gasteiger partial charge on any atom is -0.308 e. The highest BCUT2D eigenvalue weighted by molar-refractivity contribution is 6.10. The van der Waals surface area contributed by atoms with Gasteiger partial charge in [0.05, 0.1) is 51.4 Å². The first-order chi connectivity index (χ1) is 29.1. The highest BCUT2D eigenvalue weighted by Crippen LogP contribution is 2.40. The standard InChI is InChI=1S/C51H30N8/c52-31-33-21-24-40-41-25-22-34(32-53)28-47(41)59(46(40)27-33)45-26-23-39(51-57-49(37-17-9-3-10-18-37)56-50(58-51)38-19-11-4-12-20-38)29-42(45)44-30-43(35-13-5-1-6-14-35)54-48(55-44)36-15-7-2-8-16-36/h1-30H. The van der Waals surface area contributed by atoms with Gasteiger partial charge in [0, 0.05) is 44.2 Å². The van der Waals surface area contributed by atoms with Gasteiger partial charge < -0.3 is 4.57 Å². The lowest BCUT2D eigenvalue weighted by molar-refractivity contribution is 1.07. The smallest absolute Gasteiger partial charge is 0.164 e. The van der Waals surface area contributed by atoms with E-state index in [0.717, 1.165) is 66.6 Å². The lowest BCUT2D eigenvalue weighted by Gasteiger charge is -2.17. The van der Waals surface area contributed by atoms with E-state index in [9.17, 15) is 10.5 Å². The summed E-state index contributed by atoms with van der Waals surface area (Å²) in [5.41, 5.74) is 9.96. The van der Waals surface area contributed by atoms with Crippen LogP contribution in [0.1, 0.15) is 11.1 Å². The molecule has 3 heterocycles. The summed E-state index contributed by atoms with van der Waals surface area (Å²) in [6, 6.07) is 64.0. The third kappa shape index (κ3) is 6.53. The summed E-state index contributed by atoms with van der Waals surface area (Å²) in [5, 5.41) is 22.0. The Bertz CT molecular complexity index is 3090. The van der Waals surface area contributed by atoms with Gasteiger partial charge >= 0.3 is 0 Å². The van der Waals surface area contributed by atoms with E-state index in [1.165, 1.54) is 0 Å². The number of nitriles is 2. The molecule has 0 aliphatic rings. The van der Waals surface area contributed by atoms with Gasteiger partial charge in [0.1, 0.15) is 0 Å². The molecule has 0 fully saturated rings. The number of hydrogen-bond donors (Lipinski definition) is 0. The van der Waals surface area contributed by atoms with Gasteiger partial charge in [-0.05, 0) is 48.5 Å². The number of nitrogens with zero attached hydrogens (tertiary/aromatic N) is 8. The quantitative estimate of drug-likeness (QED) is 0.159. The molecule has 10 rings (SSSR count). The second-order valence-electron chi connectivity index (χ2n) is 14.0. The topological polar surface area (TPSA) is 117 Å². The number of rotatable bonds is 7. The third-order valence-electron chi connectivity index (χ3n) is 10.3. The molecule has 10 aromatic rings. The summed E-state index contributed by atoms with van der Waals surface area (Å²) in [6.07, 6.45) is 0. The van der Waals surface area contributed by atoms with Gasteiger partial charge in [-0.25, -0.2) is 24.9 Å². The van der Waals surface area contributed by atoms with Crippen LogP contribution in [0.15, 0.2) is 182 Å². The average Bonchev–Trinajstić information content (AvgIpc) is 3.64. The third-order valence-corrected chi connectivity index (χ3v) is 10.3. The van der Waals surface area contributed by atoms with E-state index >= 15 is 0 Å². The van der Waals surface area contributed by atoms with Crippen LogP contribution in [-0.2, 0) is 0 Å². The highest BCUT2D eigenvalue weighted by atomic mass is 15.0. The van der Waals surface area contributed by atoms with E-state index in [0.29, 0.717) is 40.1 Å². The second kappa shape index (κ2) is 14.8. The molecule has 8 heteroatoms. The predicted molar refractivity (Wildman–Crippen MR) is 232 cm³/mol. The SMILES string of the molecule is N#Cc1ccc2c3ccc(C#N)cc3n(-c3ccc(-c4nc(-c5ccccc5)nc(-c5ccccc5)n4)cc3-c3cc(-c4ccccc4)nc(-c4ccccc4)n3)c2c1. The fraction of sp³-hybridized carbons (Fsp3) is 0. The zero-order valence-corrected chi connectivity index (χ0v) is 31.4. The molecule has 0 saturated carbocycles. The van der Waals surface area contributed by atoms with Gasteiger partial charge in [-0.1, -0.05) is 133 Å². The molecule has 0 aliphatic carbocycles. The zero-order chi connectivity index (χ0) is 39.7. The maximum Gasteiger partial charge on any atom is 0.164 e. The lowest BCUT2D eigenvalue weighted by atomic mass is 10.0. The molecule has 0 aliphatic heterocycles. The first-order valence-corrected chi connectivity index (χ1v) is 19.0. The van der Waals surface area contributed by atoms with Crippen molar-refractivity contribution in [1.29, 1.82) is 10.5 Å². The van der Waals surface area contributed by atoms with Crippen molar-refractivity contribution in [3.8, 4) is 85.9 Å².